The average Bonchev–Trinajstić information content (AvgIpc) is 1.67. The Bertz CT molecular complexity index is 4240. The van der Waals surface area contributed by atoms with Crippen LogP contribution in [0, 0.1) is 56.2 Å². The third-order valence-corrected chi connectivity index (χ3v) is 26.1. The zero-order valence-electron chi connectivity index (χ0n) is 66.0. The zero-order valence-corrected chi connectivity index (χ0v) is 66.0. The average molecular weight is 1540 g/mol. The fourth-order valence-electron chi connectivity index (χ4n) is 20.7. The van der Waals surface area contributed by atoms with Crippen molar-refractivity contribution in [2.45, 2.75) is 163 Å². The molecule has 6 fully saturated rings. The molecule has 17 atom stereocenters. The molecule has 25 nitrogen and oxygen atoms in total. The number of carbonyl (C=O) groups is 9. The van der Waals surface area contributed by atoms with Gasteiger partial charge in [-0.1, -0.05) is 64.2 Å². The van der Waals surface area contributed by atoms with E-state index in [1.165, 1.54) is 41.4 Å². The minimum Gasteiger partial charge on any atom is -0.504 e. The highest BCUT2D eigenvalue weighted by Gasteiger charge is 2.68. The molecular weight excluding hydrogens is 1430 g/mol. The molecule has 111 heavy (non-hydrogen) atoms. The quantitative estimate of drug-likeness (QED) is 0.0275. The van der Waals surface area contributed by atoms with E-state index in [9.17, 15) is 68.7 Å². The van der Waals surface area contributed by atoms with E-state index < -0.39 is 140 Å². The standard InChI is InChI=1S/C29H37NO8.C29H35NO8.C28H37NO6/c2*1-7-11-30(12-8-2)14-17-23-26(34)25(33)22-18-9-10-20(32)28(18,4)13-19(37-16(3)31)24(22)29(23,5)21(15-36-6)38-27(17)35;1-7-11-29(12-8-2)14-17-22-25(32)24(31)21-18-10-9-16(3)27(18,4)13-19(30)23(21)28(22,5)20(15-34-6)35-26(17)33/h7-8,14,18-21,32,34H,1-2,9-13,15H2,3-6H3;7-8,14,18-19,21,34H,1-2,9-13,15H2,3-6H3;7-8,14,16,18-20,30,32H,1-2,9-13,15H2,3-6H3/b3*17-14+/t18-,19+,20?,21+,28-,29-;18-,19+,21+,28-,29-;16?,18-,19+,20+,27+,28-/m000/s1. The molecule has 12 aliphatic rings. The molecule has 3 heterocycles. The summed E-state index contributed by atoms with van der Waals surface area (Å²) >= 11 is 0. The number of carbonyl (C=O) groups excluding carboxylic acids is 9. The number of aliphatic hydroxyl groups excluding tert-OH is 5. The molecule has 0 amide bonds. The Kier molecular flexibility index (Phi) is 24.6. The van der Waals surface area contributed by atoms with Crippen LogP contribution in [0.5, 0.6) is 0 Å². The van der Waals surface area contributed by atoms with Crippen molar-refractivity contribution in [3.63, 3.8) is 0 Å². The highest BCUT2D eigenvalue weighted by Crippen LogP contribution is 2.67. The first kappa shape index (κ1) is 84.2. The second kappa shape index (κ2) is 32.4. The minimum absolute atomic E-state index is 0.00740. The van der Waals surface area contributed by atoms with Gasteiger partial charge < -0.3 is 78.1 Å². The molecule has 0 spiro atoms. The van der Waals surface area contributed by atoms with E-state index >= 15 is 0 Å². The van der Waals surface area contributed by atoms with Crippen molar-refractivity contribution in [2.75, 3.05) is 80.4 Å². The maximum atomic E-state index is 14.0. The number of ketones is 4. The van der Waals surface area contributed by atoms with Crippen LogP contribution in [-0.4, -0.2) is 216 Å². The van der Waals surface area contributed by atoms with E-state index in [0.29, 0.717) is 105 Å². The number of esters is 5. The predicted octanol–water partition coefficient (Wildman–Crippen LogP) is 9.69. The Morgan fingerprint density at radius 1 is 0.468 bits per heavy atom. The van der Waals surface area contributed by atoms with E-state index in [4.69, 9.17) is 37.9 Å². The van der Waals surface area contributed by atoms with Gasteiger partial charge in [0, 0.05) is 156 Å². The lowest BCUT2D eigenvalue weighted by molar-refractivity contribution is -0.161. The SMILES string of the molecule is C=CCN(/C=C1/C(=O)O[C@H](COC)[C@@]2(C)C1=C(O)C(=O)C1=C2[C@H](O)C[C@]2(C)C(C)CC[C@@H]12)CC=C.C=CCN(/C=C1/C(=O)O[C@H](COC)[C@@]2(C)C1=C(O)C(=O)C1=C2[C@H](OC(C)=O)C[C@]2(C)C(=O)CC[C@@H]12)CC=C.C=CCN(/C=C1/C(=O)O[C@H](COC)[C@@]2(C)C1=C(O)C(=O)C1=C2[C@H](OC(C)=O)C[C@]2(C)C(O)CC[C@@H]12)CC=C. The number of ether oxygens (including phenoxy) is 8. The smallest absolute Gasteiger partial charge is 0.340 e. The number of hydrogen-bond donors (Lipinski definition) is 5. The molecule has 0 radical (unpaired) electrons. The maximum absolute atomic E-state index is 14.0. The summed E-state index contributed by atoms with van der Waals surface area (Å²) in [5.41, 5.74) is -2.35. The number of aliphatic hydroxyl groups is 5. The summed E-state index contributed by atoms with van der Waals surface area (Å²) in [6, 6.07) is 0. The molecule has 0 aromatic rings. The predicted molar refractivity (Wildman–Crippen MR) is 408 cm³/mol. The fourth-order valence-corrected chi connectivity index (χ4v) is 20.7. The Balaban J connectivity index is 0.000000177. The lowest BCUT2D eigenvalue weighted by Crippen LogP contribution is -2.57. The van der Waals surface area contributed by atoms with Crippen molar-refractivity contribution < 1.29 is 107 Å². The summed E-state index contributed by atoms with van der Waals surface area (Å²) in [5, 5.41) is 57.0. The first-order chi connectivity index (χ1) is 52.5. The molecule has 2 unspecified atom stereocenters. The van der Waals surface area contributed by atoms with Gasteiger partial charge in [0.2, 0.25) is 17.3 Å². The van der Waals surface area contributed by atoms with Gasteiger partial charge >= 0.3 is 29.8 Å². The lowest BCUT2D eigenvalue weighted by Gasteiger charge is -2.54. The molecule has 9 aliphatic carbocycles. The first-order valence-electron chi connectivity index (χ1n) is 38.0. The van der Waals surface area contributed by atoms with Crippen LogP contribution in [0.3, 0.4) is 0 Å². The lowest BCUT2D eigenvalue weighted by atomic mass is 9.52. The van der Waals surface area contributed by atoms with E-state index in [1.54, 1.807) is 84.3 Å². The van der Waals surface area contributed by atoms with Gasteiger partial charge in [0.05, 0.1) is 65.0 Å². The van der Waals surface area contributed by atoms with Crippen LogP contribution in [0.2, 0.25) is 0 Å². The normalized spacial score (nSPS) is 35.4. The first-order valence-corrected chi connectivity index (χ1v) is 38.0. The van der Waals surface area contributed by atoms with Crippen LogP contribution in [0.15, 0.2) is 179 Å². The van der Waals surface area contributed by atoms with Gasteiger partial charge in [0.25, 0.3) is 0 Å². The number of hydrogen-bond acceptors (Lipinski definition) is 25. The molecule has 0 aromatic heterocycles. The summed E-state index contributed by atoms with van der Waals surface area (Å²) in [4.78, 5) is 125. The van der Waals surface area contributed by atoms with Crippen molar-refractivity contribution in [3.05, 3.63) is 179 Å². The van der Waals surface area contributed by atoms with E-state index in [-0.39, 0.29) is 94.7 Å². The molecule has 3 aliphatic heterocycles. The topological polar surface area (TPSA) is 338 Å². The second-order valence-corrected chi connectivity index (χ2v) is 32.5. The zero-order chi connectivity index (χ0) is 81.7. The molecule has 25 heteroatoms. The van der Waals surface area contributed by atoms with Crippen LogP contribution >= 0.6 is 0 Å². The Morgan fingerprint density at radius 2 is 0.802 bits per heavy atom. The molecule has 3 saturated carbocycles. The summed E-state index contributed by atoms with van der Waals surface area (Å²) in [6.07, 6.45) is 13.1. The van der Waals surface area contributed by atoms with E-state index in [1.807, 2.05) is 13.8 Å². The van der Waals surface area contributed by atoms with Gasteiger partial charge in [0.15, 0.2) is 17.3 Å². The van der Waals surface area contributed by atoms with Gasteiger partial charge in [0.1, 0.15) is 36.3 Å². The summed E-state index contributed by atoms with van der Waals surface area (Å²) in [7, 11) is 4.44. The van der Waals surface area contributed by atoms with Gasteiger partial charge in [-0.15, -0.1) is 39.5 Å². The van der Waals surface area contributed by atoms with Crippen LogP contribution in [0.4, 0.5) is 0 Å². The summed E-state index contributed by atoms with van der Waals surface area (Å²) in [5.74, 6) is -7.08. The molecular formula is C86H109N3O22. The largest absolute Gasteiger partial charge is 0.504 e. The monoisotopic (exact) mass is 1540 g/mol. The van der Waals surface area contributed by atoms with Crippen LogP contribution in [0.1, 0.15) is 120 Å². The van der Waals surface area contributed by atoms with Gasteiger partial charge in [-0.05, 0) is 106 Å². The summed E-state index contributed by atoms with van der Waals surface area (Å²) < 4.78 is 45.6. The van der Waals surface area contributed by atoms with Gasteiger partial charge in [-0.25, -0.2) is 14.4 Å². The van der Waals surface area contributed by atoms with Crippen LogP contribution < -0.4 is 0 Å². The maximum Gasteiger partial charge on any atom is 0.340 e. The Morgan fingerprint density at radius 3 is 1.16 bits per heavy atom. The molecule has 12 rings (SSSR count). The number of rotatable bonds is 23. The van der Waals surface area contributed by atoms with Crippen molar-refractivity contribution in [3.8, 4) is 0 Å². The van der Waals surface area contributed by atoms with E-state index in [0.717, 1.165) is 12.8 Å². The second-order valence-electron chi connectivity index (χ2n) is 32.5. The Labute approximate surface area is 649 Å². The molecule has 0 bridgehead atoms. The number of Topliss-reactive ketones (excluding diaryl/α,β-unsaturated/α-hetero) is 4. The fraction of sp³-hybridized carbons (Fsp3) is 0.547. The highest BCUT2D eigenvalue weighted by atomic mass is 16.6. The number of methoxy groups -OCH3 is 3. The molecule has 3 saturated heterocycles. The number of cyclic esters (lactones) is 3. The number of allylic oxidation sites excluding steroid dienone is 3. The van der Waals surface area contributed by atoms with Crippen molar-refractivity contribution >= 4 is 53.0 Å². The minimum atomic E-state index is -1.27. The summed E-state index contributed by atoms with van der Waals surface area (Å²) in [6.45, 7) is 40.9. The van der Waals surface area contributed by atoms with Gasteiger partial charge in [-0.2, -0.15) is 0 Å². The Hall–Kier alpha value is -9.27. The van der Waals surface area contributed by atoms with Crippen LogP contribution in [0.25, 0.3) is 0 Å². The molecule has 5 N–H and O–H groups in total. The number of nitrogens with zero attached hydrogens (tertiary/aromatic N) is 3. The highest BCUT2D eigenvalue weighted by molar-refractivity contribution is 6.16. The van der Waals surface area contributed by atoms with Crippen molar-refractivity contribution in [1.82, 2.24) is 14.7 Å². The van der Waals surface area contributed by atoms with Crippen molar-refractivity contribution in [2.24, 2.45) is 56.2 Å². The third kappa shape index (κ3) is 13.9. The van der Waals surface area contributed by atoms with Crippen LogP contribution in [-0.2, 0) is 81.0 Å². The molecule has 600 valence electrons. The third-order valence-electron chi connectivity index (χ3n) is 26.1. The molecule has 0 aromatic carbocycles. The van der Waals surface area contributed by atoms with E-state index in [2.05, 4.69) is 53.3 Å². The number of fused-ring (bicyclic) bond motifs is 12. The van der Waals surface area contributed by atoms with Gasteiger partial charge in [-0.3, -0.25) is 28.8 Å². The van der Waals surface area contributed by atoms with Crippen molar-refractivity contribution in [1.29, 1.82) is 0 Å².